The number of nitrogens with two attached hydrogens (primary N) is 1. The van der Waals surface area contributed by atoms with Crippen LogP contribution in [0.1, 0.15) is 87.5 Å². The summed E-state index contributed by atoms with van der Waals surface area (Å²) in [4.78, 5) is 4.83. The normalized spacial score (nSPS) is 11.2. The third-order valence-electron chi connectivity index (χ3n) is 19.0. The first-order valence-corrected chi connectivity index (χ1v) is 35.5. The average molecular weight is 1360 g/mol. The van der Waals surface area contributed by atoms with Crippen molar-refractivity contribution in [3.8, 4) is 89.0 Å². The quantitative estimate of drug-likeness (QED) is 0.0372. The number of halogens is 1. The molecule has 3 nitrogen and oxygen atoms in total. The van der Waals surface area contributed by atoms with Gasteiger partial charge in [0.25, 0.3) is 0 Å². The van der Waals surface area contributed by atoms with E-state index in [0.717, 1.165) is 76.6 Å². The van der Waals surface area contributed by atoms with Crippen molar-refractivity contribution < 1.29 is 0 Å². The topological polar surface area (TPSA) is 32.5 Å². The van der Waals surface area contributed by atoms with Gasteiger partial charge >= 0.3 is 0 Å². The van der Waals surface area contributed by atoms with E-state index in [1.807, 2.05) is 18.2 Å². The summed E-state index contributed by atoms with van der Waals surface area (Å²) in [7, 11) is 0. The highest BCUT2D eigenvalue weighted by molar-refractivity contribution is 14.1. The Hall–Kier alpha value is -10.0. The van der Waals surface area contributed by atoms with Crippen molar-refractivity contribution in [2.75, 3.05) is 15.5 Å². The Bertz CT molecular complexity index is 4410. The standard InChI is InChI=1S/C92H84IN3/c1-5-7-9-13-25-79-64-92(90-58-56-88(60-66(90)4)96(86-53-45-76(46-54-86)78-28-20-30-82(94)62-78)84-49-41-74(42-50-84)72-37-33-70(34-38-72)68-23-17-12-18-24-68)80(26-14-10-8-6-2)63-91(79)89-57-55-87(59-65(89)3)95(85-51-43-75(44-52-85)77-27-19-29-81(93)61-77)83-47-39-73(40-48-83)71-35-31-69(32-36-71)67-21-15-11-16-22-67/h11-12,15-24,27-64H,5-10,13-14,25-26,94H2,1-4H3. The number of aryl methyl sites for hydroxylation is 4. The van der Waals surface area contributed by atoms with Crippen molar-refractivity contribution in [1.29, 1.82) is 0 Å². The molecule has 0 saturated heterocycles. The Kier molecular flexibility index (Phi) is 20.6. The Morgan fingerprint density at radius 2 is 0.562 bits per heavy atom. The molecule has 0 spiro atoms. The molecule has 2 N–H and O–H groups in total. The first kappa shape index (κ1) is 64.7. The molecule has 0 saturated carbocycles. The molecule has 96 heavy (non-hydrogen) atoms. The minimum Gasteiger partial charge on any atom is -0.399 e. The van der Waals surface area contributed by atoms with E-state index in [-0.39, 0.29) is 0 Å². The fourth-order valence-corrected chi connectivity index (χ4v) is 14.3. The molecule has 0 atom stereocenters. The van der Waals surface area contributed by atoms with Crippen molar-refractivity contribution in [2.24, 2.45) is 0 Å². The van der Waals surface area contributed by atoms with E-state index >= 15 is 0 Å². The van der Waals surface area contributed by atoms with Crippen LogP contribution < -0.4 is 15.5 Å². The second-order valence-corrected chi connectivity index (χ2v) is 26.9. The minimum absolute atomic E-state index is 0.759. The van der Waals surface area contributed by atoms with E-state index in [1.165, 1.54) is 142 Å². The maximum atomic E-state index is 6.29. The SMILES string of the molecule is CCCCCCc1cc(-c2ccc(N(c3ccc(-c4ccc(-c5ccccc5)cc4)cc3)c3ccc(-c4cccc(I)c4)cc3)cc2C)c(CCCCCC)cc1-c1ccc(N(c2ccc(-c3ccc(-c4ccccc4)cc3)cc2)c2ccc(-c3cccc(N)c3)cc2)cc1C. The van der Waals surface area contributed by atoms with Gasteiger partial charge in [0.2, 0.25) is 0 Å². The monoisotopic (exact) mass is 1360 g/mol. The van der Waals surface area contributed by atoms with Crippen LogP contribution in [0.25, 0.3) is 89.0 Å². The molecule has 0 unspecified atom stereocenters. The van der Waals surface area contributed by atoms with Gasteiger partial charge < -0.3 is 15.5 Å². The molecule has 0 aliphatic heterocycles. The lowest BCUT2D eigenvalue weighted by atomic mass is 9.84. The van der Waals surface area contributed by atoms with Crippen LogP contribution in [0, 0.1) is 17.4 Å². The molecular formula is C92H84IN3. The molecule has 13 aromatic rings. The van der Waals surface area contributed by atoms with Gasteiger partial charge in [-0.1, -0.05) is 259 Å². The van der Waals surface area contributed by atoms with E-state index in [2.05, 4.69) is 345 Å². The Balaban J connectivity index is 0.865. The molecule has 0 aromatic heterocycles. The summed E-state index contributed by atoms with van der Waals surface area (Å²) < 4.78 is 1.23. The van der Waals surface area contributed by atoms with E-state index in [9.17, 15) is 0 Å². The van der Waals surface area contributed by atoms with Crippen LogP contribution in [0.3, 0.4) is 0 Å². The molecule has 0 heterocycles. The van der Waals surface area contributed by atoms with Crippen molar-refractivity contribution >= 4 is 62.4 Å². The molecule has 0 bridgehead atoms. The van der Waals surface area contributed by atoms with E-state index in [4.69, 9.17) is 5.73 Å². The zero-order valence-corrected chi connectivity index (χ0v) is 57.9. The van der Waals surface area contributed by atoms with Crippen LogP contribution in [-0.4, -0.2) is 0 Å². The maximum Gasteiger partial charge on any atom is 0.0464 e. The first-order chi connectivity index (χ1) is 47.1. The van der Waals surface area contributed by atoms with Crippen LogP contribution in [0.15, 0.2) is 303 Å². The van der Waals surface area contributed by atoms with Crippen LogP contribution in [0.2, 0.25) is 0 Å². The van der Waals surface area contributed by atoms with Gasteiger partial charge in [-0.15, -0.1) is 0 Å². The van der Waals surface area contributed by atoms with Gasteiger partial charge in [-0.2, -0.15) is 0 Å². The highest BCUT2D eigenvalue weighted by atomic mass is 127. The predicted octanol–water partition coefficient (Wildman–Crippen LogP) is 27.0. The number of nitrogens with zero attached hydrogens (tertiary/aromatic N) is 2. The molecule has 4 heteroatoms. The Morgan fingerprint density at radius 1 is 0.260 bits per heavy atom. The molecule has 0 radical (unpaired) electrons. The van der Waals surface area contributed by atoms with Crippen LogP contribution in [0.5, 0.6) is 0 Å². The number of hydrogen-bond acceptors (Lipinski definition) is 3. The average Bonchev–Trinajstić information content (AvgIpc) is 0.777. The zero-order valence-electron chi connectivity index (χ0n) is 55.8. The van der Waals surface area contributed by atoms with Gasteiger partial charge in [0.1, 0.15) is 0 Å². The number of unbranched alkanes of at least 4 members (excludes halogenated alkanes) is 6. The van der Waals surface area contributed by atoms with Gasteiger partial charge in [0.05, 0.1) is 0 Å². The smallest absolute Gasteiger partial charge is 0.0464 e. The Morgan fingerprint density at radius 3 is 0.896 bits per heavy atom. The number of benzene rings is 13. The number of anilines is 7. The fraction of sp³-hybridized carbons (Fsp3) is 0.152. The van der Waals surface area contributed by atoms with E-state index < -0.39 is 0 Å². The lowest BCUT2D eigenvalue weighted by Crippen LogP contribution is -2.10. The van der Waals surface area contributed by atoms with Crippen molar-refractivity contribution in [3.63, 3.8) is 0 Å². The van der Waals surface area contributed by atoms with Gasteiger partial charge in [-0.25, -0.2) is 0 Å². The molecule has 0 amide bonds. The fourth-order valence-electron chi connectivity index (χ4n) is 13.7. The molecule has 474 valence electrons. The molecule has 0 fully saturated rings. The van der Waals surface area contributed by atoms with Gasteiger partial charge in [-0.05, 0) is 270 Å². The second-order valence-electron chi connectivity index (χ2n) is 25.7. The third kappa shape index (κ3) is 15.1. The molecular weight excluding hydrogens is 1270 g/mol. The summed E-state index contributed by atoms with van der Waals surface area (Å²) in [5, 5.41) is 0. The maximum absolute atomic E-state index is 6.29. The molecule has 0 aliphatic carbocycles. The summed E-state index contributed by atoms with van der Waals surface area (Å²) in [5.41, 5.74) is 38.7. The summed E-state index contributed by atoms with van der Waals surface area (Å²) in [6.45, 7) is 9.27. The van der Waals surface area contributed by atoms with Crippen molar-refractivity contribution in [3.05, 3.63) is 329 Å². The summed E-state index contributed by atoms with van der Waals surface area (Å²) in [6, 6.07) is 112. The second kappa shape index (κ2) is 30.6. The van der Waals surface area contributed by atoms with Crippen molar-refractivity contribution in [2.45, 2.75) is 91.9 Å². The summed E-state index contributed by atoms with van der Waals surface area (Å²) in [5.74, 6) is 0. The van der Waals surface area contributed by atoms with E-state index in [0.29, 0.717) is 0 Å². The molecule has 13 rings (SSSR count). The van der Waals surface area contributed by atoms with Gasteiger partial charge in [0.15, 0.2) is 0 Å². The lowest BCUT2D eigenvalue weighted by Gasteiger charge is -2.28. The minimum atomic E-state index is 0.759. The number of nitrogen functional groups attached to an aromatic ring is 1. The predicted molar refractivity (Wildman–Crippen MR) is 422 cm³/mol. The highest BCUT2D eigenvalue weighted by Crippen LogP contribution is 2.44. The summed E-state index contributed by atoms with van der Waals surface area (Å²) >= 11 is 2.41. The molecule has 13 aromatic carbocycles. The zero-order chi connectivity index (χ0) is 65.7. The number of rotatable bonds is 24. The van der Waals surface area contributed by atoms with Crippen molar-refractivity contribution in [1.82, 2.24) is 0 Å². The van der Waals surface area contributed by atoms with Gasteiger partial charge in [-0.3, -0.25) is 0 Å². The lowest BCUT2D eigenvalue weighted by molar-refractivity contribution is 0.664. The van der Waals surface area contributed by atoms with Gasteiger partial charge in [0, 0.05) is 43.4 Å². The molecule has 0 aliphatic rings. The largest absolute Gasteiger partial charge is 0.399 e. The highest BCUT2D eigenvalue weighted by Gasteiger charge is 2.22. The van der Waals surface area contributed by atoms with Crippen LogP contribution in [-0.2, 0) is 12.8 Å². The first-order valence-electron chi connectivity index (χ1n) is 34.5. The summed E-state index contributed by atoms with van der Waals surface area (Å²) in [6.07, 6.45) is 11.6. The van der Waals surface area contributed by atoms with E-state index in [1.54, 1.807) is 0 Å². The number of hydrogen-bond donors (Lipinski definition) is 1. The van der Waals surface area contributed by atoms with Crippen LogP contribution >= 0.6 is 22.6 Å². The third-order valence-corrected chi connectivity index (χ3v) is 19.6. The Labute approximate surface area is 583 Å². The van der Waals surface area contributed by atoms with Crippen LogP contribution in [0.4, 0.5) is 39.8 Å².